The maximum Gasteiger partial charge on any atom is 0.0880 e. The van der Waals surface area contributed by atoms with E-state index in [0.29, 0.717) is 0 Å². The molecule has 0 radical (unpaired) electrons. The van der Waals surface area contributed by atoms with Crippen molar-refractivity contribution >= 4 is 0 Å². The van der Waals surface area contributed by atoms with Gasteiger partial charge in [0.2, 0.25) is 0 Å². The Hall–Kier alpha value is -0.860. The molecule has 106 valence electrons. The number of nitrogens with one attached hydrogen (secondary N) is 1. The van der Waals surface area contributed by atoms with Gasteiger partial charge in [0, 0.05) is 0 Å². The molecule has 1 fully saturated rings. The van der Waals surface area contributed by atoms with Crippen LogP contribution < -0.4 is 5.32 Å². The summed E-state index contributed by atoms with van der Waals surface area (Å²) >= 11 is 0. The van der Waals surface area contributed by atoms with E-state index >= 15 is 0 Å². The highest BCUT2D eigenvalue weighted by molar-refractivity contribution is 5.31. The lowest BCUT2D eigenvalue weighted by Crippen LogP contribution is -2.28. The molecule has 1 aromatic carbocycles. The van der Waals surface area contributed by atoms with Crippen molar-refractivity contribution in [3.63, 3.8) is 0 Å². The van der Waals surface area contributed by atoms with E-state index in [1.165, 1.54) is 24.8 Å². The van der Waals surface area contributed by atoms with Gasteiger partial charge in [-0.3, -0.25) is 0 Å². The van der Waals surface area contributed by atoms with E-state index in [1.807, 2.05) is 6.92 Å². The van der Waals surface area contributed by atoms with Gasteiger partial charge in [-0.1, -0.05) is 37.6 Å². The summed E-state index contributed by atoms with van der Waals surface area (Å²) in [7, 11) is 0. The number of hydrogen-bond donors (Lipinski definition) is 2. The number of rotatable bonds is 7. The molecule has 2 rings (SSSR count). The summed E-state index contributed by atoms with van der Waals surface area (Å²) in [5.41, 5.74) is 1.75. The minimum Gasteiger partial charge on any atom is -0.385 e. The second-order valence-corrected chi connectivity index (χ2v) is 6.03. The number of benzene rings is 1. The SMILES string of the molecule is CCCNCCC(C)(O)c1cccc(C2CCC2)c1. The van der Waals surface area contributed by atoms with Gasteiger partial charge in [0.05, 0.1) is 5.60 Å². The molecule has 2 N–H and O–H groups in total. The van der Waals surface area contributed by atoms with E-state index in [1.54, 1.807) is 0 Å². The van der Waals surface area contributed by atoms with Crippen LogP contribution in [0, 0.1) is 0 Å². The third kappa shape index (κ3) is 3.80. The third-order valence-corrected chi connectivity index (χ3v) is 4.30. The maximum atomic E-state index is 10.6. The first-order valence-electron chi connectivity index (χ1n) is 7.67. The summed E-state index contributed by atoms with van der Waals surface area (Å²) in [6, 6.07) is 8.57. The van der Waals surface area contributed by atoms with E-state index in [4.69, 9.17) is 0 Å². The second kappa shape index (κ2) is 6.53. The van der Waals surface area contributed by atoms with Crippen molar-refractivity contribution in [1.82, 2.24) is 5.32 Å². The maximum absolute atomic E-state index is 10.6. The summed E-state index contributed by atoms with van der Waals surface area (Å²) in [6.45, 7) is 5.99. The highest BCUT2D eigenvalue weighted by atomic mass is 16.3. The number of hydrogen-bond acceptors (Lipinski definition) is 2. The Morgan fingerprint density at radius 1 is 1.32 bits per heavy atom. The van der Waals surface area contributed by atoms with Crippen LogP contribution in [-0.2, 0) is 5.60 Å². The zero-order chi connectivity index (χ0) is 13.7. The number of aliphatic hydroxyl groups is 1. The van der Waals surface area contributed by atoms with Gasteiger partial charge < -0.3 is 10.4 Å². The molecule has 0 amide bonds. The largest absolute Gasteiger partial charge is 0.385 e. The molecule has 0 aliphatic heterocycles. The molecule has 1 atom stereocenters. The van der Waals surface area contributed by atoms with E-state index in [2.05, 4.69) is 36.5 Å². The lowest BCUT2D eigenvalue weighted by molar-refractivity contribution is 0.0479. The van der Waals surface area contributed by atoms with Gasteiger partial charge in [-0.25, -0.2) is 0 Å². The lowest BCUT2D eigenvalue weighted by Gasteiger charge is -2.29. The van der Waals surface area contributed by atoms with Crippen LogP contribution in [0.15, 0.2) is 24.3 Å². The van der Waals surface area contributed by atoms with Gasteiger partial charge >= 0.3 is 0 Å². The predicted octanol–water partition coefficient (Wildman–Crippen LogP) is 3.55. The molecule has 0 bridgehead atoms. The second-order valence-electron chi connectivity index (χ2n) is 6.03. The van der Waals surface area contributed by atoms with Gasteiger partial charge in [0.1, 0.15) is 0 Å². The average molecular weight is 261 g/mol. The van der Waals surface area contributed by atoms with Crippen LogP contribution in [0.2, 0.25) is 0 Å². The first kappa shape index (κ1) is 14.5. The first-order valence-corrected chi connectivity index (χ1v) is 7.67. The normalized spacial score (nSPS) is 18.9. The van der Waals surface area contributed by atoms with E-state index in [-0.39, 0.29) is 0 Å². The Bertz CT molecular complexity index is 396. The summed E-state index contributed by atoms with van der Waals surface area (Å²) in [5, 5.41) is 14.0. The van der Waals surface area contributed by atoms with E-state index in [0.717, 1.165) is 37.4 Å². The van der Waals surface area contributed by atoms with Gasteiger partial charge in [-0.2, -0.15) is 0 Å². The summed E-state index contributed by atoms with van der Waals surface area (Å²) in [6.07, 6.45) is 5.87. The van der Waals surface area contributed by atoms with Crippen molar-refractivity contribution in [2.45, 2.75) is 57.5 Å². The highest BCUT2D eigenvalue weighted by Crippen LogP contribution is 2.37. The Balaban J connectivity index is 1.98. The fraction of sp³-hybridized carbons (Fsp3) is 0.647. The molecule has 0 spiro atoms. The van der Waals surface area contributed by atoms with Crippen LogP contribution in [0.3, 0.4) is 0 Å². The average Bonchev–Trinajstić information content (AvgIpc) is 2.33. The van der Waals surface area contributed by atoms with Crippen LogP contribution in [-0.4, -0.2) is 18.2 Å². The third-order valence-electron chi connectivity index (χ3n) is 4.30. The Labute approximate surface area is 117 Å². The van der Waals surface area contributed by atoms with Gasteiger partial charge in [-0.15, -0.1) is 0 Å². The zero-order valence-electron chi connectivity index (χ0n) is 12.3. The molecule has 1 unspecified atom stereocenters. The highest BCUT2D eigenvalue weighted by Gasteiger charge is 2.25. The van der Waals surface area contributed by atoms with Crippen LogP contribution in [0.25, 0.3) is 0 Å². The van der Waals surface area contributed by atoms with Crippen LogP contribution in [0.1, 0.15) is 63.0 Å². The molecular weight excluding hydrogens is 234 g/mol. The van der Waals surface area contributed by atoms with Crippen molar-refractivity contribution in [3.05, 3.63) is 35.4 Å². The van der Waals surface area contributed by atoms with Crippen molar-refractivity contribution in [2.75, 3.05) is 13.1 Å². The molecule has 0 saturated heterocycles. The molecule has 0 heterocycles. The summed E-state index contributed by atoms with van der Waals surface area (Å²) < 4.78 is 0. The van der Waals surface area contributed by atoms with Gasteiger partial charge in [0.25, 0.3) is 0 Å². The van der Waals surface area contributed by atoms with Crippen LogP contribution >= 0.6 is 0 Å². The quantitative estimate of drug-likeness (QED) is 0.736. The van der Waals surface area contributed by atoms with Gasteiger partial charge in [-0.05, 0) is 62.7 Å². The van der Waals surface area contributed by atoms with Gasteiger partial charge in [0.15, 0.2) is 0 Å². The summed E-state index contributed by atoms with van der Waals surface area (Å²) in [5.74, 6) is 0.731. The topological polar surface area (TPSA) is 32.3 Å². The molecule has 0 aromatic heterocycles. The van der Waals surface area contributed by atoms with Crippen molar-refractivity contribution < 1.29 is 5.11 Å². The molecule has 2 heteroatoms. The Morgan fingerprint density at radius 3 is 2.74 bits per heavy atom. The molecule has 19 heavy (non-hydrogen) atoms. The molecule has 1 aliphatic rings. The zero-order valence-corrected chi connectivity index (χ0v) is 12.3. The molecule has 2 nitrogen and oxygen atoms in total. The molecule has 1 aromatic rings. The lowest BCUT2D eigenvalue weighted by atomic mass is 9.78. The van der Waals surface area contributed by atoms with E-state index in [9.17, 15) is 5.11 Å². The minimum atomic E-state index is -0.722. The smallest absolute Gasteiger partial charge is 0.0880 e. The van der Waals surface area contributed by atoms with Crippen molar-refractivity contribution in [3.8, 4) is 0 Å². The Morgan fingerprint density at radius 2 is 2.11 bits per heavy atom. The predicted molar refractivity (Wildman–Crippen MR) is 80.4 cm³/mol. The molecular formula is C17H27NO. The van der Waals surface area contributed by atoms with Crippen molar-refractivity contribution in [1.29, 1.82) is 0 Å². The molecule has 1 saturated carbocycles. The fourth-order valence-electron chi connectivity index (χ4n) is 2.65. The summed E-state index contributed by atoms with van der Waals surface area (Å²) in [4.78, 5) is 0. The van der Waals surface area contributed by atoms with Crippen LogP contribution in [0.4, 0.5) is 0 Å². The van der Waals surface area contributed by atoms with Crippen molar-refractivity contribution in [2.24, 2.45) is 0 Å². The van der Waals surface area contributed by atoms with E-state index < -0.39 is 5.60 Å². The Kier molecular flexibility index (Phi) is 5.00. The first-order chi connectivity index (χ1) is 9.13. The fourth-order valence-corrected chi connectivity index (χ4v) is 2.65. The minimum absolute atomic E-state index is 0.722. The monoisotopic (exact) mass is 261 g/mol. The molecule has 1 aliphatic carbocycles. The van der Waals surface area contributed by atoms with Crippen LogP contribution in [0.5, 0.6) is 0 Å². The standard InChI is InChI=1S/C17H27NO/c1-3-11-18-12-10-17(2,19)16-9-5-8-15(13-16)14-6-4-7-14/h5,8-9,13-14,18-19H,3-4,6-7,10-12H2,1-2H3.